The van der Waals surface area contributed by atoms with Crippen LogP contribution in [0.3, 0.4) is 0 Å². The van der Waals surface area contributed by atoms with Crippen LogP contribution in [-0.2, 0) is 6.42 Å². The van der Waals surface area contributed by atoms with E-state index in [1.165, 1.54) is 30.4 Å². The molecule has 1 aromatic rings. The Morgan fingerprint density at radius 1 is 1.11 bits per heavy atom. The standard InChI is InChI=1S/C18H26/c1-16(2)10-9-12-17(3)11-7-8-15-18-13-5-4-6-14-18/h4-8,10,13-14,17H,9,11-12,15H2,1-3H3/b8-7+/t17-/m1/s1. The quantitative estimate of drug-likeness (QED) is 0.549. The van der Waals surface area contributed by atoms with Gasteiger partial charge in [-0.2, -0.15) is 0 Å². The summed E-state index contributed by atoms with van der Waals surface area (Å²) in [6.45, 7) is 6.68. The molecule has 0 aliphatic carbocycles. The fraction of sp³-hybridized carbons (Fsp3) is 0.444. The predicted octanol–water partition coefficient (Wildman–Crippen LogP) is 5.56. The van der Waals surface area contributed by atoms with Gasteiger partial charge < -0.3 is 0 Å². The second kappa shape index (κ2) is 8.74. The molecule has 18 heavy (non-hydrogen) atoms. The highest BCUT2D eigenvalue weighted by atomic mass is 14.0. The largest absolute Gasteiger partial charge is 0.0879 e. The van der Waals surface area contributed by atoms with Crippen LogP contribution in [0, 0.1) is 5.92 Å². The normalized spacial score (nSPS) is 12.6. The molecule has 0 aliphatic heterocycles. The Bertz CT molecular complexity index is 366. The second-order valence-corrected chi connectivity index (χ2v) is 5.36. The fourth-order valence-corrected chi connectivity index (χ4v) is 1.94. The summed E-state index contributed by atoms with van der Waals surface area (Å²) in [6.07, 6.45) is 11.7. The molecule has 0 aromatic heterocycles. The molecule has 0 nitrogen and oxygen atoms in total. The van der Waals surface area contributed by atoms with E-state index >= 15 is 0 Å². The first-order chi connectivity index (χ1) is 8.68. The zero-order valence-corrected chi connectivity index (χ0v) is 12.0. The van der Waals surface area contributed by atoms with E-state index < -0.39 is 0 Å². The summed E-state index contributed by atoms with van der Waals surface area (Å²) < 4.78 is 0. The van der Waals surface area contributed by atoms with E-state index in [2.05, 4.69) is 69.3 Å². The number of allylic oxidation sites excluding steroid dienone is 4. The van der Waals surface area contributed by atoms with Gasteiger partial charge in [-0.15, -0.1) is 0 Å². The highest BCUT2D eigenvalue weighted by molar-refractivity contribution is 5.17. The monoisotopic (exact) mass is 242 g/mol. The van der Waals surface area contributed by atoms with Gasteiger partial charge in [-0.25, -0.2) is 0 Å². The maximum atomic E-state index is 2.34. The van der Waals surface area contributed by atoms with Crippen molar-refractivity contribution < 1.29 is 0 Å². The van der Waals surface area contributed by atoms with Gasteiger partial charge in [-0.05, 0) is 51.0 Å². The first-order valence-corrected chi connectivity index (χ1v) is 7.00. The molecule has 0 unspecified atom stereocenters. The molecule has 0 fully saturated rings. The van der Waals surface area contributed by atoms with Gasteiger partial charge in [0, 0.05) is 0 Å². The first-order valence-electron chi connectivity index (χ1n) is 7.00. The van der Waals surface area contributed by atoms with Crippen molar-refractivity contribution in [3.05, 3.63) is 59.7 Å². The molecule has 0 saturated carbocycles. The topological polar surface area (TPSA) is 0 Å². The smallest absolute Gasteiger partial charge is 0.00975 e. The molecule has 0 amide bonds. The van der Waals surface area contributed by atoms with Crippen molar-refractivity contribution in [1.82, 2.24) is 0 Å². The van der Waals surface area contributed by atoms with E-state index in [-0.39, 0.29) is 0 Å². The van der Waals surface area contributed by atoms with Gasteiger partial charge in [0.1, 0.15) is 0 Å². The van der Waals surface area contributed by atoms with Crippen molar-refractivity contribution in [3.63, 3.8) is 0 Å². The maximum Gasteiger partial charge on any atom is -0.00975 e. The third kappa shape index (κ3) is 7.11. The minimum Gasteiger partial charge on any atom is -0.0879 e. The lowest BCUT2D eigenvalue weighted by atomic mass is 10.0. The van der Waals surface area contributed by atoms with E-state index in [1.54, 1.807) is 0 Å². The lowest BCUT2D eigenvalue weighted by molar-refractivity contribution is 0.545. The van der Waals surface area contributed by atoms with Crippen LogP contribution in [-0.4, -0.2) is 0 Å². The van der Waals surface area contributed by atoms with Crippen molar-refractivity contribution in [2.75, 3.05) is 0 Å². The van der Waals surface area contributed by atoms with E-state index in [4.69, 9.17) is 0 Å². The summed E-state index contributed by atoms with van der Waals surface area (Å²) in [5, 5.41) is 0. The summed E-state index contributed by atoms with van der Waals surface area (Å²) in [5.41, 5.74) is 2.83. The Balaban J connectivity index is 2.18. The maximum absolute atomic E-state index is 2.34. The van der Waals surface area contributed by atoms with Crippen LogP contribution in [0.15, 0.2) is 54.1 Å². The number of hydrogen-bond acceptors (Lipinski definition) is 0. The summed E-state index contributed by atoms with van der Waals surface area (Å²) in [4.78, 5) is 0. The fourth-order valence-electron chi connectivity index (χ4n) is 1.94. The van der Waals surface area contributed by atoms with Crippen molar-refractivity contribution in [2.24, 2.45) is 5.92 Å². The first kappa shape index (κ1) is 14.8. The summed E-state index contributed by atoms with van der Waals surface area (Å²) in [6, 6.07) is 10.6. The van der Waals surface area contributed by atoms with E-state index in [9.17, 15) is 0 Å². The van der Waals surface area contributed by atoms with E-state index in [0.29, 0.717) is 0 Å². The van der Waals surface area contributed by atoms with Crippen LogP contribution in [0.4, 0.5) is 0 Å². The molecule has 1 aromatic carbocycles. The molecule has 0 heteroatoms. The van der Waals surface area contributed by atoms with Gasteiger partial charge in [0.05, 0.1) is 0 Å². The van der Waals surface area contributed by atoms with E-state index in [0.717, 1.165) is 12.3 Å². The molecule has 0 saturated heterocycles. The minimum absolute atomic E-state index is 0.785. The Morgan fingerprint density at radius 3 is 2.50 bits per heavy atom. The van der Waals surface area contributed by atoms with Crippen LogP contribution < -0.4 is 0 Å². The zero-order valence-electron chi connectivity index (χ0n) is 12.0. The number of benzene rings is 1. The minimum atomic E-state index is 0.785. The third-order valence-electron chi connectivity index (χ3n) is 3.11. The van der Waals surface area contributed by atoms with Crippen molar-refractivity contribution in [3.8, 4) is 0 Å². The van der Waals surface area contributed by atoms with Crippen LogP contribution in [0.1, 0.15) is 45.6 Å². The van der Waals surface area contributed by atoms with Gasteiger partial charge >= 0.3 is 0 Å². The summed E-state index contributed by atoms with van der Waals surface area (Å²) in [7, 11) is 0. The third-order valence-corrected chi connectivity index (χ3v) is 3.11. The zero-order chi connectivity index (χ0) is 13.2. The SMILES string of the molecule is CC(C)=CCC[C@H](C)C/C=C/Cc1ccccc1. The molecule has 1 rings (SSSR count). The average Bonchev–Trinajstić information content (AvgIpc) is 2.35. The molecule has 0 bridgehead atoms. The lowest BCUT2D eigenvalue weighted by Gasteiger charge is -2.06. The van der Waals surface area contributed by atoms with Crippen LogP contribution in [0.5, 0.6) is 0 Å². The molecular formula is C18H26. The highest BCUT2D eigenvalue weighted by Gasteiger charge is 1.97. The van der Waals surface area contributed by atoms with Crippen molar-refractivity contribution >= 4 is 0 Å². The van der Waals surface area contributed by atoms with E-state index in [1.807, 2.05) is 0 Å². The van der Waals surface area contributed by atoms with Crippen molar-refractivity contribution in [2.45, 2.75) is 46.5 Å². The summed E-state index contributed by atoms with van der Waals surface area (Å²) in [5.74, 6) is 0.785. The Morgan fingerprint density at radius 2 is 1.83 bits per heavy atom. The van der Waals surface area contributed by atoms with Gasteiger partial charge in [0.15, 0.2) is 0 Å². The van der Waals surface area contributed by atoms with Gasteiger partial charge in [-0.1, -0.05) is 61.1 Å². The average molecular weight is 242 g/mol. The number of rotatable bonds is 7. The predicted molar refractivity (Wildman–Crippen MR) is 81.7 cm³/mol. The van der Waals surface area contributed by atoms with Gasteiger partial charge in [0.2, 0.25) is 0 Å². The Hall–Kier alpha value is -1.30. The molecule has 0 heterocycles. The lowest BCUT2D eigenvalue weighted by Crippen LogP contribution is -1.91. The molecule has 0 spiro atoms. The molecule has 1 atom stereocenters. The molecule has 98 valence electrons. The number of hydrogen-bond donors (Lipinski definition) is 0. The molecule has 0 aliphatic rings. The Kier molecular flexibility index (Phi) is 7.17. The Labute approximate surface area is 112 Å². The van der Waals surface area contributed by atoms with Gasteiger partial charge in [-0.3, -0.25) is 0 Å². The van der Waals surface area contributed by atoms with Crippen LogP contribution >= 0.6 is 0 Å². The van der Waals surface area contributed by atoms with Gasteiger partial charge in [0.25, 0.3) is 0 Å². The highest BCUT2D eigenvalue weighted by Crippen LogP contribution is 2.12. The van der Waals surface area contributed by atoms with Crippen LogP contribution in [0.25, 0.3) is 0 Å². The molecule has 0 N–H and O–H groups in total. The summed E-state index contributed by atoms with van der Waals surface area (Å²) >= 11 is 0. The molecule has 0 radical (unpaired) electrons. The van der Waals surface area contributed by atoms with Crippen molar-refractivity contribution in [1.29, 1.82) is 0 Å². The van der Waals surface area contributed by atoms with Crippen LogP contribution in [0.2, 0.25) is 0 Å². The molecular weight excluding hydrogens is 216 g/mol. The second-order valence-electron chi connectivity index (χ2n) is 5.36.